The first kappa shape index (κ1) is 18.9. The fourth-order valence-corrected chi connectivity index (χ4v) is 3.86. The summed E-state index contributed by atoms with van der Waals surface area (Å²) in [5, 5.41) is 1.22. The number of benzene rings is 2. The first-order valence-electron chi connectivity index (χ1n) is 8.64. The van der Waals surface area contributed by atoms with Crippen LogP contribution < -0.4 is 0 Å². The number of sulfonamides is 1. The van der Waals surface area contributed by atoms with Crippen LogP contribution in [0.3, 0.4) is 0 Å². The molecule has 0 atom stereocenters. The van der Waals surface area contributed by atoms with Crippen LogP contribution in [0.2, 0.25) is 0 Å². The van der Waals surface area contributed by atoms with Crippen LogP contribution in [0.25, 0.3) is 6.08 Å². The molecule has 0 aromatic heterocycles. The summed E-state index contributed by atoms with van der Waals surface area (Å²) in [6, 6.07) is 18.6. The van der Waals surface area contributed by atoms with Crippen molar-refractivity contribution in [3.8, 4) is 11.8 Å². The molecule has 1 aliphatic heterocycles. The fraction of sp³-hybridized carbons (Fsp3) is 0.190. The maximum atomic E-state index is 12.5. The summed E-state index contributed by atoms with van der Waals surface area (Å²) >= 11 is 0. The van der Waals surface area contributed by atoms with E-state index < -0.39 is 10.0 Å². The van der Waals surface area contributed by atoms with Crippen LogP contribution in [0.1, 0.15) is 11.1 Å². The second-order valence-corrected chi connectivity index (χ2v) is 7.88. The Labute approximate surface area is 160 Å². The van der Waals surface area contributed by atoms with Crippen molar-refractivity contribution in [2.24, 2.45) is 0 Å². The van der Waals surface area contributed by atoms with Crippen LogP contribution in [0, 0.1) is 11.8 Å². The Kier molecular flexibility index (Phi) is 6.07. The first-order valence-corrected chi connectivity index (χ1v) is 10.1. The number of carbonyl (C=O) groups excluding carboxylic acids is 1. The van der Waals surface area contributed by atoms with Crippen LogP contribution in [-0.2, 0) is 14.8 Å². The van der Waals surface area contributed by atoms with Crippen molar-refractivity contribution in [2.75, 3.05) is 26.2 Å². The zero-order valence-electron chi connectivity index (χ0n) is 14.8. The molecule has 2 aromatic rings. The van der Waals surface area contributed by atoms with E-state index in [1.165, 1.54) is 9.71 Å². The quantitative estimate of drug-likeness (QED) is 0.767. The minimum Gasteiger partial charge on any atom is -0.329 e. The van der Waals surface area contributed by atoms with E-state index in [1.807, 2.05) is 60.7 Å². The van der Waals surface area contributed by atoms with Gasteiger partial charge in [0.2, 0.25) is 10.0 Å². The van der Waals surface area contributed by atoms with Gasteiger partial charge in [0.25, 0.3) is 5.91 Å². The van der Waals surface area contributed by atoms with E-state index in [-0.39, 0.29) is 19.0 Å². The predicted octanol–water partition coefficient (Wildman–Crippen LogP) is 2.18. The highest BCUT2D eigenvalue weighted by Crippen LogP contribution is 2.11. The monoisotopic (exact) mass is 380 g/mol. The molecule has 3 rings (SSSR count). The zero-order valence-corrected chi connectivity index (χ0v) is 15.6. The van der Waals surface area contributed by atoms with E-state index in [4.69, 9.17) is 0 Å². The molecule has 1 aliphatic rings. The second-order valence-electron chi connectivity index (χ2n) is 6.07. The molecular formula is C21H20N2O3S. The smallest absolute Gasteiger partial charge is 0.298 e. The number of piperazine rings is 1. The van der Waals surface area contributed by atoms with E-state index in [0.29, 0.717) is 13.1 Å². The third-order valence-electron chi connectivity index (χ3n) is 4.21. The van der Waals surface area contributed by atoms with Gasteiger partial charge in [-0.25, -0.2) is 8.42 Å². The Balaban J connectivity index is 1.57. The van der Waals surface area contributed by atoms with Crippen molar-refractivity contribution in [1.82, 2.24) is 9.21 Å². The lowest BCUT2D eigenvalue weighted by Crippen LogP contribution is -2.49. The van der Waals surface area contributed by atoms with Gasteiger partial charge in [0.1, 0.15) is 0 Å². The van der Waals surface area contributed by atoms with Gasteiger partial charge >= 0.3 is 0 Å². The van der Waals surface area contributed by atoms with Gasteiger partial charge in [-0.1, -0.05) is 54.5 Å². The van der Waals surface area contributed by atoms with E-state index >= 15 is 0 Å². The van der Waals surface area contributed by atoms with Gasteiger partial charge in [0.05, 0.1) is 0 Å². The molecule has 138 valence electrons. The van der Waals surface area contributed by atoms with Gasteiger partial charge in [-0.15, -0.1) is 0 Å². The molecule has 0 spiro atoms. The largest absolute Gasteiger partial charge is 0.329 e. The summed E-state index contributed by atoms with van der Waals surface area (Å²) in [7, 11) is -3.51. The van der Waals surface area contributed by atoms with Crippen molar-refractivity contribution in [3.63, 3.8) is 0 Å². The molecule has 0 unspecified atom stereocenters. The van der Waals surface area contributed by atoms with Crippen LogP contribution in [0.4, 0.5) is 0 Å². The lowest BCUT2D eigenvalue weighted by atomic mass is 10.2. The van der Waals surface area contributed by atoms with Gasteiger partial charge in [-0.05, 0) is 23.8 Å². The van der Waals surface area contributed by atoms with E-state index in [0.717, 1.165) is 11.1 Å². The average molecular weight is 380 g/mol. The molecule has 27 heavy (non-hydrogen) atoms. The minimum atomic E-state index is -3.51. The Morgan fingerprint density at radius 1 is 0.889 bits per heavy atom. The standard InChI is InChI=1S/C21H20N2O3S/c24-21(12-11-19-7-3-1-4-8-19)22-14-16-23(17-15-22)27(25,26)18-13-20-9-5-2-6-10-20/h1-10,13,18H,14-17H2/b18-13+. The third kappa shape index (κ3) is 5.30. The van der Waals surface area contributed by atoms with Crippen molar-refractivity contribution in [1.29, 1.82) is 0 Å². The third-order valence-corrected chi connectivity index (χ3v) is 5.77. The van der Waals surface area contributed by atoms with Crippen LogP contribution in [0.5, 0.6) is 0 Å². The maximum Gasteiger partial charge on any atom is 0.298 e. The van der Waals surface area contributed by atoms with Crippen molar-refractivity contribution in [3.05, 3.63) is 77.2 Å². The molecule has 1 saturated heterocycles. The normalized spacial score (nSPS) is 15.3. The number of hydrogen-bond acceptors (Lipinski definition) is 3. The highest BCUT2D eigenvalue weighted by atomic mass is 32.2. The van der Waals surface area contributed by atoms with Crippen LogP contribution >= 0.6 is 0 Å². The van der Waals surface area contributed by atoms with Crippen LogP contribution in [-0.4, -0.2) is 49.7 Å². The molecule has 0 N–H and O–H groups in total. The van der Waals surface area contributed by atoms with E-state index in [1.54, 1.807) is 11.0 Å². The number of rotatable bonds is 3. The van der Waals surface area contributed by atoms with Gasteiger partial charge in [-0.3, -0.25) is 4.79 Å². The van der Waals surface area contributed by atoms with Crippen LogP contribution in [0.15, 0.2) is 66.1 Å². The number of carbonyl (C=O) groups is 1. The molecule has 5 nitrogen and oxygen atoms in total. The van der Waals surface area contributed by atoms with Crippen molar-refractivity contribution >= 4 is 22.0 Å². The van der Waals surface area contributed by atoms with Gasteiger partial charge < -0.3 is 4.90 Å². The minimum absolute atomic E-state index is 0.264. The first-order chi connectivity index (χ1) is 13.0. The second kappa shape index (κ2) is 8.67. The number of amides is 1. The molecular weight excluding hydrogens is 360 g/mol. The highest BCUT2D eigenvalue weighted by Gasteiger charge is 2.26. The van der Waals surface area contributed by atoms with E-state index in [2.05, 4.69) is 11.8 Å². The fourth-order valence-electron chi connectivity index (χ4n) is 2.69. The predicted molar refractivity (Wildman–Crippen MR) is 106 cm³/mol. The van der Waals surface area contributed by atoms with E-state index in [9.17, 15) is 13.2 Å². The van der Waals surface area contributed by atoms with Crippen molar-refractivity contribution in [2.45, 2.75) is 0 Å². The molecule has 0 saturated carbocycles. The summed E-state index contributed by atoms with van der Waals surface area (Å²) < 4.78 is 26.3. The number of nitrogens with zero attached hydrogens (tertiary/aromatic N) is 2. The average Bonchev–Trinajstić information content (AvgIpc) is 2.72. The molecule has 1 fully saturated rings. The highest BCUT2D eigenvalue weighted by molar-refractivity contribution is 7.92. The Morgan fingerprint density at radius 3 is 2.11 bits per heavy atom. The summed E-state index contributed by atoms with van der Waals surface area (Å²) in [6.45, 7) is 1.20. The Hall–Kier alpha value is -2.88. The summed E-state index contributed by atoms with van der Waals surface area (Å²) in [5.41, 5.74) is 1.60. The van der Waals surface area contributed by atoms with Gasteiger partial charge in [0, 0.05) is 43.1 Å². The maximum absolute atomic E-state index is 12.5. The SMILES string of the molecule is O=C(C#Cc1ccccc1)N1CCN(S(=O)(=O)/C=C/c2ccccc2)CC1. The molecule has 1 amide bonds. The summed E-state index contributed by atoms with van der Waals surface area (Å²) in [5.74, 6) is 5.18. The molecule has 6 heteroatoms. The van der Waals surface area contributed by atoms with Crippen molar-refractivity contribution < 1.29 is 13.2 Å². The summed E-state index contributed by atoms with van der Waals surface area (Å²) in [6.07, 6.45) is 1.58. The molecule has 1 heterocycles. The summed E-state index contributed by atoms with van der Waals surface area (Å²) in [4.78, 5) is 13.8. The molecule has 2 aromatic carbocycles. The lowest BCUT2D eigenvalue weighted by Gasteiger charge is -2.32. The van der Waals surface area contributed by atoms with Gasteiger partial charge in [0.15, 0.2) is 0 Å². The molecule has 0 bridgehead atoms. The Morgan fingerprint density at radius 2 is 1.48 bits per heavy atom. The number of hydrogen-bond donors (Lipinski definition) is 0. The topological polar surface area (TPSA) is 57.7 Å². The zero-order chi connectivity index (χ0) is 19.1. The molecule has 0 radical (unpaired) electrons. The lowest BCUT2D eigenvalue weighted by molar-refractivity contribution is -0.126. The molecule has 0 aliphatic carbocycles. The Bertz CT molecular complexity index is 966. The van der Waals surface area contributed by atoms with Gasteiger partial charge in [-0.2, -0.15) is 4.31 Å².